The highest BCUT2D eigenvalue weighted by Gasteiger charge is 2.24. The van der Waals surface area contributed by atoms with E-state index in [0.717, 1.165) is 43.5 Å². The van der Waals surface area contributed by atoms with E-state index in [9.17, 15) is 0 Å². The Labute approximate surface area is 156 Å². The maximum atomic E-state index is 5.38. The number of hydrogen-bond donors (Lipinski definition) is 1. The van der Waals surface area contributed by atoms with Crippen LogP contribution in [0.15, 0.2) is 23.2 Å². The number of nitrogens with one attached hydrogen (secondary N) is 1. The van der Waals surface area contributed by atoms with Gasteiger partial charge in [0.2, 0.25) is 0 Å². The summed E-state index contributed by atoms with van der Waals surface area (Å²) < 4.78 is 10.7. The highest BCUT2D eigenvalue weighted by molar-refractivity contribution is 8.00. The van der Waals surface area contributed by atoms with Crippen LogP contribution < -0.4 is 14.8 Å². The molecule has 1 aliphatic heterocycles. The number of nitrogens with zero attached hydrogens (tertiary/aromatic N) is 2. The molecule has 0 amide bonds. The summed E-state index contributed by atoms with van der Waals surface area (Å²) in [5, 5.41) is 4.19. The van der Waals surface area contributed by atoms with E-state index < -0.39 is 0 Å². The van der Waals surface area contributed by atoms with Gasteiger partial charge in [0.15, 0.2) is 17.5 Å². The van der Waals surface area contributed by atoms with Crippen molar-refractivity contribution in [2.75, 3.05) is 46.7 Å². The summed E-state index contributed by atoms with van der Waals surface area (Å²) in [6, 6.07) is 6.08. The van der Waals surface area contributed by atoms with Crippen molar-refractivity contribution in [2.45, 2.75) is 25.5 Å². The molecule has 5 nitrogen and oxygen atoms in total. The average Bonchev–Trinajstić information content (AvgIpc) is 2.65. The quantitative estimate of drug-likeness (QED) is 0.620. The van der Waals surface area contributed by atoms with Crippen molar-refractivity contribution in [1.29, 1.82) is 0 Å². The van der Waals surface area contributed by atoms with Crippen molar-refractivity contribution in [3.8, 4) is 11.5 Å². The molecule has 1 aliphatic rings. The zero-order chi connectivity index (χ0) is 18.2. The Morgan fingerprint density at radius 1 is 1.32 bits per heavy atom. The van der Waals surface area contributed by atoms with Gasteiger partial charge in [0, 0.05) is 37.7 Å². The summed E-state index contributed by atoms with van der Waals surface area (Å²) in [7, 11) is 5.19. The number of ether oxygens (including phenoxy) is 2. The van der Waals surface area contributed by atoms with E-state index in [1.54, 1.807) is 14.2 Å². The van der Waals surface area contributed by atoms with Gasteiger partial charge >= 0.3 is 0 Å². The van der Waals surface area contributed by atoms with Gasteiger partial charge in [-0.1, -0.05) is 19.9 Å². The summed E-state index contributed by atoms with van der Waals surface area (Å²) in [5.41, 5.74) is 1.22. The van der Waals surface area contributed by atoms with E-state index in [-0.39, 0.29) is 0 Å². The molecule has 1 unspecified atom stereocenters. The number of guanidine groups is 1. The topological polar surface area (TPSA) is 46.1 Å². The molecule has 2 rings (SSSR count). The lowest BCUT2D eigenvalue weighted by molar-refractivity contribution is 0.354. The minimum Gasteiger partial charge on any atom is -0.493 e. The van der Waals surface area contributed by atoms with Crippen LogP contribution in [0.5, 0.6) is 11.5 Å². The Bertz CT molecular complexity index is 578. The van der Waals surface area contributed by atoms with Crippen LogP contribution in [0.2, 0.25) is 0 Å². The van der Waals surface area contributed by atoms with Crippen LogP contribution in [0, 0.1) is 5.92 Å². The Morgan fingerprint density at radius 2 is 2.08 bits per heavy atom. The Kier molecular flexibility index (Phi) is 7.75. The van der Waals surface area contributed by atoms with Crippen molar-refractivity contribution in [3.05, 3.63) is 23.8 Å². The monoisotopic (exact) mass is 365 g/mol. The Hall–Kier alpha value is -1.56. The summed E-state index contributed by atoms with van der Waals surface area (Å²) in [6.07, 6.45) is 0.912. The summed E-state index contributed by atoms with van der Waals surface area (Å²) in [5.74, 6) is 4.40. The molecule has 0 spiro atoms. The first kappa shape index (κ1) is 19.8. The van der Waals surface area contributed by atoms with E-state index in [1.807, 2.05) is 19.2 Å². The zero-order valence-electron chi connectivity index (χ0n) is 16.0. The van der Waals surface area contributed by atoms with Crippen LogP contribution in [0.4, 0.5) is 0 Å². The van der Waals surface area contributed by atoms with Gasteiger partial charge in [-0.2, -0.15) is 11.8 Å². The highest BCUT2D eigenvalue weighted by atomic mass is 32.2. The van der Waals surface area contributed by atoms with Gasteiger partial charge in [0.05, 0.1) is 14.2 Å². The number of benzene rings is 1. The summed E-state index contributed by atoms with van der Waals surface area (Å²) >= 11 is 2.08. The normalized spacial score (nSPS) is 18.4. The second-order valence-corrected chi connectivity index (χ2v) is 7.86. The van der Waals surface area contributed by atoms with Crippen molar-refractivity contribution in [3.63, 3.8) is 0 Å². The fourth-order valence-electron chi connectivity index (χ4n) is 2.96. The molecular weight excluding hydrogens is 334 g/mol. The molecule has 1 aromatic rings. The van der Waals surface area contributed by atoms with Gasteiger partial charge in [0.25, 0.3) is 0 Å². The fourth-order valence-corrected chi connectivity index (χ4v) is 4.26. The highest BCUT2D eigenvalue weighted by Crippen LogP contribution is 2.27. The molecule has 6 heteroatoms. The lowest BCUT2D eigenvalue weighted by Gasteiger charge is -2.36. The molecule has 0 saturated carbocycles. The van der Waals surface area contributed by atoms with Gasteiger partial charge in [-0.15, -0.1) is 0 Å². The molecule has 140 valence electrons. The predicted octanol–water partition coefficient (Wildman–Crippen LogP) is 2.90. The van der Waals surface area contributed by atoms with Crippen LogP contribution in [0.25, 0.3) is 0 Å². The number of thioether (sulfide) groups is 1. The SMILES string of the molecule is CN=C(NCCc1ccc(OC)c(OC)c1)N1CCSC(C(C)C)C1. The van der Waals surface area contributed by atoms with E-state index >= 15 is 0 Å². The van der Waals surface area contributed by atoms with Crippen LogP contribution in [0.3, 0.4) is 0 Å². The van der Waals surface area contributed by atoms with E-state index in [2.05, 4.69) is 46.9 Å². The third-order valence-electron chi connectivity index (χ3n) is 4.49. The maximum absolute atomic E-state index is 5.38. The predicted molar refractivity (Wildman–Crippen MR) is 107 cm³/mol. The van der Waals surface area contributed by atoms with E-state index in [1.165, 1.54) is 11.3 Å². The summed E-state index contributed by atoms with van der Waals surface area (Å²) in [4.78, 5) is 6.86. The lowest BCUT2D eigenvalue weighted by Crippen LogP contribution is -2.49. The van der Waals surface area contributed by atoms with Gasteiger partial charge in [-0.05, 0) is 30.0 Å². The van der Waals surface area contributed by atoms with Crippen molar-refractivity contribution >= 4 is 17.7 Å². The smallest absolute Gasteiger partial charge is 0.193 e. The third-order valence-corrected chi connectivity index (χ3v) is 6.03. The standard InChI is InChI=1S/C19H31N3O2S/c1-14(2)18-13-22(10-11-25-18)19(20-3)21-9-8-15-6-7-16(23-4)17(12-15)24-5/h6-7,12,14,18H,8-11,13H2,1-5H3,(H,20,21). The number of methoxy groups -OCH3 is 2. The van der Waals surface area contributed by atoms with Crippen molar-refractivity contribution in [2.24, 2.45) is 10.9 Å². The number of rotatable bonds is 6. The molecule has 0 aliphatic carbocycles. The molecule has 25 heavy (non-hydrogen) atoms. The number of hydrogen-bond acceptors (Lipinski definition) is 4. The minimum atomic E-state index is 0.679. The molecule has 1 fully saturated rings. The minimum absolute atomic E-state index is 0.679. The molecule has 1 saturated heterocycles. The van der Waals surface area contributed by atoms with E-state index in [0.29, 0.717) is 11.2 Å². The molecule has 1 aromatic carbocycles. The third kappa shape index (κ3) is 5.46. The Balaban J connectivity index is 1.89. The van der Waals surface area contributed by atoms with Crippen LogP contribution in [-0.2, 0) is 6.42 Å². The largest absolute Gasteiger partial charge is 0.493 e. The van der Waals surface area contributed by atoms with Gasteiger partial charge in [-0.3, -0.25) is 4.99 Å². The second kappa shape index (κ2) is 9.80. The van der Waals surface area contributed by atoms with Crippen LogP contribution in [0.1, 0.15) is 19.4 Å². The molecule has 0 aromatic heterocycles. The van der Waals surface area contributed by atoms with Crippen LogP contribution >= 0.6 is 11.8 Å². The first-order valence-electron chi connectivity index (χ1n) is 8.87. The second-order valence-electron chi connectivity index (χ2n) is 6.51. The average molecular weight is 366 g/mol. The van der Waals surface area contributed by atoms with Gasteiger partial charge < -0.3 is 19.7 Å². The molecule has 1 atom stereocenters. The van der Waals surface area contributed by atoms with E-state index in [4.69, 9.17) is 9.47 Å². The zero-order valence-corrected chi connectivity index (χ0v) is 16.9. The van der Waals surface area contributed by atoms with Gasteiger partial charge in [-0.25, -0.2) is 0 Å². The van der Waals surface area contributed by atoms with Crippen molar-refractivity contribution in [1.82, 2.24) is 10.2 Å². The summed E-state index contributed by atoms with van der Waals surface area (Å²) in [6.45, 7) is 7.57. The fraction of sp³-hybridized carbons (Fsp3) is 0.632. The first-order valence-corrected chi connectivity index (χ1v) is 9.92. The molecule has 0 radical (unpaired) electrons. The molecule has 0 bridgehead atoms. The van der Waals surface area contributed by atoms with Crippen molar-refractivity contribution < 1.29 is 9.47 Å². The first-order chi connectivity index (χ1) is 12.1. The Morgan fingerprint density at radius 3 is 2.72 bits per heavy atom. The molecular formula is C19H31N3O2S. The maximum Gasteiger partial charge on any atom is 0.193 e. The molecule has 1 N–H and O–H groups in total. The lowest BCUT2D eigenvalue weighted by atomic mass is 10.1. The van der Waals surface area contributed by atoms with Crippen LogP contribution in [-0.4, -0.2) is 62.8 Å². The molecule has 1 heterocycles. The van der Waals surface area contributed by atoms with Gasteiger partial charge in [0.1, 0.15) is 0 Å². The number of aliphatic imine (C=N–C) groups is 1.